The number of amides is 2. The zero-order valence-corrected chi connectivity index (χ0v) is 14.3. The minimum atomic E-state index is -0.369. The first-order chi connectivity index (χ1) is 11.7. The van der Waals surface area contributed by atoms with Crippen molar-refractivity contribution in [1.82, 2.24) is 19.8 Å². The summed E-state index contributed by atoms with van der Waals surface area (Å²) < 4.78 is 0. The normalized spacial score (nSPS) is 15.3. The van der Waals surface area contributed by atoms with Gasteiger partial charge in [0.15, 0.2) is 0 Å². The van der Waals surface area contributed by atoms with Crippen molar-refractivity contribution in [3.05, 3.63) is 40.6 Å². The van der Waals surface area contributed by atoms with Gasteiger partial charge in [-0.3, -0.25) is 14.6 Å². The fourth-order valence-electron chi connectivity index (χ4n) is 2.59. The van der Waals surface area contributed by atoms with Gasteiger partial charge in [0.1, 0.15) is 10.6 Å². The summed E-state index contributed by atoms with van der Waals surface area (Å²) in [6, 6.07) is 1.74. The predicted octanol–water partition coefficient (Wildman–Crippen LogP) is 1.57. The van der Waals surface area contributed by atoms with Gasteiger partial charge in [0, 0.05) is 38.6 Å². The second kappa shape index (κ2) is 7.50. The number of rotatable bonds is 4. The third-order valence-corrected chi connectivity index (χ3v) is 4.91. The van der Waals surface area contributed by atoms with E-state index in [4.69, 9.17) is 0 Å². The molecule has 0 aromatic carbocycles. The lowest BCUT2D eigenvalue weighted by molar-refractivity contribution is 0.0649. The van der Waals surface area contributed by atoms with Crippen molar-refractivity contribution < 1.29 is 9.59 Å². The van der Waals surface area contributed by atoms with Crippen LogP contribution in [0, 0.1) is 0 Å². The van der Waals surface area contributed by atoms with E-state index < -0.39 is 0 Å². The van der Waals surface area contributed by atoms with Crippen LogP contribution >= 0.6 is 11.3 Å². The Morgan fingerprint density at radius 3 is 2.71 bits per heavy atom. The predicted molar refractivity (Wildman–Crippen MR) is 92.3 cm³/mol. The molecule has 0 aliphatic carbocycles. The summed E-state index contributed by atoms with van der Waals surface area (Å²) in [5.74, 6) is -0.401. The zero-order valence-electron chi connectivity index (χ0n) is 13.4. The standard InChI is InChI=1S/C16H19N5O2S/c1-2-20-6-8-21(9-7-20)16(23)14-12(3-10-24-14)19-15(22)13-11-17-4-5-18-13/h3-5,10-11H,2,6-9H2,1H3,(H,19,22). The van der Waals surface area contributed by atoms with E-state index in [-0.39, 0.29) is 17.5 Å². The Kier molecular flexibility index (Phi) is 5.17. The summed E-state index contributed by atoms with van der Waals surface area (Å²) >= 11 is 1.34. The summed E-state index contributed by atoms with van der Waals surface area (Å²) in [6.45, 7) is 6.31. The summed E-state index contributed by atoms with van der Waals surface area (Å²) in [5, 5.41) is 4.57. The maximum absolute atomic E-state index is 12.7. The Hall–Kier alpha value is -2.32. The molecule has 1 saturated heterocycles. The van der Waals surface area contributed by atoms with Gasteiger partial charge < -0.3 is 15.1 Å². The Morgan fingerprint density at radius 1 is 1.25 bits per heavy atom. The van der Waals surface area contributed by atoms with Gasteiger partial charge in [-0.05, 0) is 18.0 Å². The van der Waals surface area contributed by atoms with E-state index in [1.54, 1.807) is 6.07 Å². The molecule has 2 aromatic rings. The number of hydrogen-bond donors (Lipinski definition) is 1. The molecule has 1 fully saturated rings. The number of likely N-dealkylation sites (N-methyl/N-ethyl adjacent to an activating group) is 1. The van der Waals surface area contributed by atoms with Crippen LogP contribution in [0.4, 0.5) is 5.69 Å². The van der Waals surface area contributed by atoms with Crippen molar-refractivity contribution in [3.63, 3.8) is 0 Å². The van der Waals surface area contributed by atoms with E-state index in [2.05, 4.69) is 27.1 Å². The van der Waals surface area contributed by atoms with Crippen molar-refractivity contribution in [2.24, 2.45) is 0 Å². The molecule has 3 heterocycles. The van der Waals surface area contributed by atoms with Crippen molar-refractivity contribution in [2.45, 2.75) is 6.92 Å². The minimum absolute atomic E-state index is 0.0322. The van der Waals surface area contributed by atoms with Crippen LogP contribution in [-0.2, 0) is 0 Å². The summed E-state index contributed by atoms with van der Waals surface area (Å²) in [4.78, 5) is 37.5. The molecule has 1 aliphatic rings. The van der Waals surface area contributed by atoms with Crippen molar-refractivity contribution in [1.29, 1.82) is 0 Å². The van der Waals surface area contributed by atoms with Crippen LogP contribution in [0.25, 0.3) is 0 Å². The van der Waals surface area contributed by atoms with Gasteiger partial charge in [-0.1, -0.05) is 6.92 Å². The largest absolute Gasteiger partial charge is 0.335 e. The smallest absolute Gasteiger partial charge is 0.275 e. The molecule has 2 aromatic heterocycles. The van der Waals surface area contributed by atoms with Gasteiger partial charge >= 0.3 is 0 Å². The van der Waals surface area contributed by atoms with Crippen LogP contribution in [0.5, 0.6) is 0 Å². The third kappa shape index (κ3) is 3.60. The molecular weight excluding hydrogens is 326 g/mol. The number of anilines is 1. The molecule has 3 rings (SSSR count). The first kappa shape index (κ1) is 16.5. The highest BCUT2D eigenvalue weighted by atomic mass is 32.1. The second-order valence-electron chi connectivity index (χ2n) is 5.43. The highest BCUT2D eigenvalue weighted by Crippen LogP contribution is 2.25. The fourth-order valence-corrected chi connectivity index (χ4v) is 3.40. The molecule has 8 heteroatoms. The van der Waals surface area contributed by atoms with Crippen molar-refractivity contribution >= 4 is 28.8 Å². The van der Waals surface area contributed by atoms with Crippen molar-refractivity contribution in [2.75, 3.05) is 38.0 Å². The molecule has 0 spiro atoms. The molecule has 126 valence electrons. The van der Waals surface area contributed by atoms with Crippen LogP contribution in [0.15, 0.2) is 30.0 Å². The number of thiophene rings is 1. The van der Waals surface area contributed by atoms with E-state index in [9.17, 15) is 9.59 Å². The molecule has 7 nitrogen and oxygen atoms in total. The van der Waals surface area contributed by atoms with Gasteiger partial charge in [0.2, 0.25) is 0 Å². The lowest BCUT2D eigenvalue weighted by Crippen LogP contribution is -2.48. The number of hydrogen-bond acceptors (Lipinski definition) is 6. The van der Waals surface area contributed by atoms with Crippen LogP contribution in [-0.4, -0.2) is 64.3 Å². The van der Waals surface area contributed by atoms with E-state index in [1.807, 2.05) is 10.3 Å². The van der Waals surface area contributed by atoms with Gasteiger partial charge in [0.25, 0.3) is 11.8 Å². The van der Waals surface area contributed by atoms with E-state index in [0.717, 1.165) is 19.6 Å². The molecular formula is C16H19N5O2S. The molecule has 0 bridgehead atoms. The highest BCUT2D eigenvalue weighted by Gasteiger charge is 2.25. The van der Waals surface area contributed by atoms with Gasteiger partial charge in [-0.25, -0.2) is 4.98 Å². The van der Waals surface area contributed by atoms with Crippen LogP contribution in [0.1, 0.15) is 27.1 Å². The van der Waals surface area contributed by atoms with Crippen LogP contribution < -0.4 is 5.32 Å². The number of aromatic nitrogens is 2. The minimum Gasteiger partial charge on any atom is -0.335 e. The Balaban J connectivity index is 1.69. The maximum Gasteiger partial charge on any atom is 0.275 e. The lowest BCUT2D eigenvalue weighted by Gasteiger charge is -2.34. The molecule has 0 unspecified atom stereocenters. The quantitative estimate of drug-likeness (QED) is 0.910. The van der Waals surface area contributed by atoms with E-state index >= 15 is 0 Å². The molecule has 2 amide bonds. The topological polar surface area (TPSA) is 78.4 Å². The second-order valence-corrected chi connectivity index (χ2v) is 6.35. The van der Waals surface area contributed by atoms with Crippen molar-refractivity contribution in [3.8, 4) is 0 Å². The molecule has 0 saturated carbocycles. The van der Waals surface area contributed by atoms with Crippen LogP contribution in [0.2, 0.25) is 0 Å². The van der Waals surface area contributed by atoms with Gasteiger partial charge in [0.05, 0.1) is 11.9 Å². The fraction of sp³-hybridized carbons (Fsp3) is 0.375. The Bertz CT molecular complexity index is 710. The van der Waals surface area contributed by atoms with Crippen LogP contribution in [0.3, 0.4) is 0 Å². The number of nitrogens with one attached hydrogen (secondary N) is 1. The molecule has 0 atom stereocenters. The highest BCUT2D eigenvalue weighted by molar-refractivity contribution is 7.12. The molecule has 24 heavy (non-hydrogen) atoms. The van der Waals surface area contributed by atoms with E-state index in [0.29, 0.717) is 23.7 Å². The molecule has 0 radical (unpaired) electrons. The monoisotopic (exact) mass is 345 g/mol. The lowest BCUT2D eigenvalue weighted by atomic mass is 10.2. The zero-order chi connectivity index (χ0) is 16.9. The SMILES string of the molecule is CCN1CCN(C(=O)c2sccc2NC(=O)c2cnccn2)CC1. The Morgan fingerprint density at radius 2 is 2.04 bits per heavy atom. The first-order valence-corrected chi connectivity index (χ1v) is 8.73. The maximum atomic E-state index is 12.7. The van der Waals surface area contributed by atoms with Gasteiger partial charge in [-0.2, -0.15) is 0 Å². The van der Waals surface area contributed by atoms with Gasteiger partial charge in [-0.15, -0.1) is 11.3 Å². The number of carbonyl (C=O) groups excluding carboxylic acids is 2. The molecule has 1 aliphatic heterocycles. The average molecular weight is 345 g/mol. The third-order valence-electron chi connectivity index (χ3n) is 4.01. The summed E-state index contributed by atoms with van der Waals surface area (Å²) in [6.07, 6.45) is 4.36. The number of carbonyl (C=O) groups is 2. The first-order valence-electron chi connectivity index (χ1n) is 7.85. The molecule has 1 N–H and O–H groups in total. The number of piperazine rings is 1. The average Bonchev–Trinajstić information content (AvgIpc) is 3.10. The number of nitrogens with zero attached hydrogens (tertiary/aromatic N) is 4. The summed E-state index contributed by atoms with van der Waals surface area (Å²) in [7, 11) is 0. The summed E-state index contributed by atoms with van der Waals surface area (Å²) in [5.41, 5.74) is 0.747. The van der Waals surface area contributed by atoms with E-state index in [1.165, 1.54) is 29.9 Å². The Labute approximate surface area is 144 Å².